The molecular weight excluding hydrogens is 216 g/mol. The number of nitrogen functional groups attached to an aromatic ring is 2. The van der Waals surface area contributed by atoms with Gasteiger partial charge in [-0.25, -0.2) is 4.98 Å². The number of aliphatic hydroxyl groups excluding tert-OH is 1. The Bertz CT molecular complexity index is 337. The van der Waals surface area contributed by atoms with E-state index in [0.717, 1.165) is 31.6 Å². The van der Waals surface area contributed by atoms with Gasteiger partial charge in [0, 0.05) is 13.2 Å². The number of nitrogens with two attached hydrogens (primary N) is 2. The molecule has 1 unspecified atom stereocenters. The van der Waals surface area contributed by atoms with E-state index >= 15 is 0 Å². The average Bonchev–Trinajstić information content (AvgIpc) is 2.31. The van der Waals surface area contributed by atoms with Crippen molar-refractivity contribution >= 4 is 17.3 Å². The quantitative estimate of drug-likeness (QED) is 0.576. The highest BCUT2D eigenvalue weighted by molar-refractivity contribution is 5.61. The highest BCUT2D eigenvalue weighted by Gasteiger charge is 2.07. The summed E-state index contributed by atoms with van der Waals surface area (Å²) in [5.41, 5.74) is 11.7. The third kappa shape index (κ3) is 4.48. The summed E-state index contributed by atoms with van der Waals surface area (Å²) >= 11 is 0. The number of nitrogens with zero attached hydrogens (tertiary/aromatic N) is 1. The van der Waals surface area contributed by atoms with E-state index in [4.69, 9.17) is 16.6 Å². The van der Waals surface area contributed by atoms with Crippen molar-refractivity contribution in [2.45, 2.75) is 26.2 Å². The molecule has 0 saturated carbocycles. The molecule has 0 aliphatic rings. The molecule has 1 aromatic heterocycles. The molecule has 1 heterocycles. The summed E-state index contributed by atoms with van der Waals surface area (Å²) in [6.45, 7) is 3.16. The van der Waals surface area contributed by atoms with Gasteiger partial charge >= 0.3 is 0 Å². The zero-order valence-electron chi connectivity index (χ0n) is 10.3. The van der Waals surface area contributed by atoms with Gasteiger partial charge in [0.15, 0.2) is 0 Å². The van der Waals surface area contributed by atoms with E-state index in [-0.39, 0.29) is 6.61 Å². The lowest BCUT2D eigenvalue weighted by atomic mass is 10.0. The van der Waals surface area contributed by atoms with Crippen LogP contribution in [-0.4, -0.2) is 23.2 Å². The van der Waals surface area contributed by atoms with Crippen LogP contribution >= 0.6 is 0 Å². The van der Waals surface area contributed by atoms with Crippen LogP contribution < -0.4 is 16.8 Å². The van der Waals surface area contributed by atoms with Gasteiger partial charge in [-0.1, -0.05) is 13.3 Å². The first kappa shape index (κ1) is 13.6. The number of rotatable bonds is 7. The number of anilines is 3. The number of hydrogen-bond donors (Lipinski definition) is 4. The molecule has 0 aliphatic carbocycles. The van der Waals surface area contributed by atoms with Gasteiger partial charge < -0.3 is 21.9 Å². The fourth-order valence-corrected chi connectivity index (χ4v) is 1.77. The zero-order chi connectivity index (χ0) is 12.7. The maximum atomic E-state index is 8.96. The fourth-order valence-electron chi connectivity index (χ4n) is 1.77. The Kier molecular flexibility index (Phi) is 5.56. The second kappa shape index (κ2) is 6.96. The van der Waals surface area contributed by atoms with Crippen LogP contribution in [0.25, 0.3) is 0 Å². The Morgan fingerprint density at radius 1 is 1.35 bits per heavy atom. The summed E-state index contributed by atoms with van der Waals surface area (Å²) in [5, 5.41) is 12.2. The lowest BCUT2D eigenvalue weighted by molar-refractivity contribution is 0.255. The molecule has 6 N–H and O–H groups in total. The SMILES string of the molecule is CCCC(CCO)CNc1ccc(N)c(N)n1. The van der Waals surface area contributed by atoms with E-state index in [1.165, 1.54) is 0 Å². The minimum atomic E-state index is 0.226. The van der Waals surface area contributed by atoms with Crippen LogP contribution in [0.2, 0.25) is 0 Å². The third-order valence-electron chi connectivity index (χ3n) is 2.76. The molecule has 0 bridgehead atoms. The summed E-state index contributed by atoms with van der Waals surface area (Å²) in [6, 6.07) is 3.55. The minimum absolute atomic E-state index is 0.226. The normalized spacial score (nSPS) is 12.4. The van der Waals surface area contributed by atoms with Gasteiger partial charge in [-0.2, -0.15) is 0 Å². The number of aromatic nitrogens is 1. The summed E-state index contributed by atoms with van der Waals surface area (Å²) in [6.07, 6.45) is 3.02. The highest BCUT2D eigenvalue weighted by Crippen LogP contribution is 2.16. The van der Waals surface area contributed by atoms with E-state index in [1.807, 2.05) is 6.07 Å². The molecule has 1 atom stereocenters. The van der Waals surface area contributed by atoms with E-state index < -0.39 is 0 Å². The smallest absolute Gasteiger partial charge is 0.149 e. The molecule has 17 heavy (non-hydrogen) atoms. The van der Waals surface area contributed by atoms with E-state index in [9.17, 15) is 0 Å². The topological polar surface area (TPSA) is 97.2 Å². The Hall–Kier alpha value is -1.49. The van der Waals surface area contributed by atoms with Crippen LogP contribution in [0.15, 0.2) is 12.1 Å². The largest absolute Gasteiger partial charge is 0.396 e. The summed E-state index contributed by atoms with van der Waals surface area (Å²) in [5.74, 6) is 1.55. The molecular formula is C12H22N4O. The van der Waals surface area contributed by atoms with Gasteiger partial charge in [0.25, 0.3) is 0 Å². The van der Waals surface area contributed by atoms with Crippen LogP contribution in [0.1, 0.15) is 26.2 Å². The standard InChI is InChI=1S/C12H22N4O/c1-2-3-9(6-7-17)8-15-11-5-4-10(13)12(14)16-11/h4-5,9,17H,2-3,6-8,13H2,1H3,(H3,14,15,16). The maximum Gasteiger partial charge on any atom is 0.149 e. The van der Waals surface area contributed by atoms with Crippen LogP contribution in [0.3, 0.4) is 0 Å². The molecule has 5 heteroatoms. The van der Waals surface area contributed by atoms with E-state index in [2.05, 4.69) is 17.2 Å². The predicted octanol–water partition coefficient (Wildman–Crippen LogP) is 1.46. The molecule has 0 fully saturated rings. The Labute approximate surface area is 102 Å². The molecule has 0 aliphatic heterocycles. The number of hydrogen-bond acceptors (Lipinski definition) is 5. The molecule has 1 rings (SSSR count). The van der Waals surface area contributed by atoms with Gasteiger partial charge in [0.2, 0.25) is 0 Å². The summed E-state index contributed by atoms with van der Waals surface area (Å²) in [4.78, 5) is 4.14. The van der Waals surface area contributed by atoms with Crippen molar-refractivity contribution in [3.8, 4) is 0 Å². The predicted molar refractivity (Wildman–Crippen MR) is 71.7 cm³/mol. The van der Waals surface area contributed by atoms with Crippen LogP contribution in [0.4, 0.5) is 17.3 Å². The Morgan fingerprint density at radius 3 is 2.71 bits per heavy atom. The van der Waals surface area contributed by atoms with Crippen molar-refractivity contribution < 1.29 is 5.11 Å². The number of pyridine rings is 1. The van der Waals surface area contributed by atoms with Crippen molar-refractivity contribution in [1.82, 2.24) is 4.98 Å². The molecule has 0 aromatic carbocycles. The van der Waals surface area contributed by atoms with Crippen molar-refractivity contribution in [3.63, 3.8) is 0 Å². The van der Waals surface area contributed by atoms with Gasteiger partial charge in [-0.3, -0.25) is 0 Å². The van der Waals surface area contributed by atoms with Crippen LogP contribution in [0.5, 0.6) is 0 Å². The molecule has 5 nitrogen and oxygen atoms in total. The number of nitrogens with one attached hydrogen (secondary N) is 1. The zero-order valence-corrected chi connectivity index (χ0v) is 10.3. The first-order chi connectivity index (χ1) is 8.17. The molecule has 0 saturated heterocycles. The highest BCUT2D eigenvalue weighted by atomic mass is 16.3. The van der Waals surface area contributed by atoms with Crippen molar-refractivity contribution in [2.24, 2.45) is 5.92 Å². The van der Waals surface area contributed by atoms with Crippen molar-refractivity contribution in [2.75, 3.05) is 29.9 Å². The van der Waals surface area contributed by atoms with Crippen molar-refractivity contribution in [3.05, 3.63) is 12.1 Å². The first-order valence-corrected chi connectivity index (χ1v) is 6.04. The van der Waals surface area contributed by atoms with Gasteiger partial charge in [-0.05, 0) is 30.9 Å². The lowest BCUT2D eigenvalue weighted by Gasteiger charge is -2.16. The molecule has 0 radical (unpaired) electrons. The number of aliphatic hydroxyl groups is 1. The van der Waals surface area contributed by atoms with Crippen LogP contribution in [-0.2, 0) is 0 Å². The molecule has 1 aromatic rings. The Balaban J connectivity index is 2.49. The molecule has 96 valence electrons. The summed E-state index contributed by atoms with van der Waals surface area (Å²) < 4.78 is 0. The lowest BCUT2D eigenvalue weighted by Crippen LogP contribution is -2.16. The van der Waals surface area contributed by atoms with Crippen molar-refractivity contribution in [1.29, 1.82) is 0 Å². The first-order valence-electron chi connectivity index (χ1n) is 6.04. The average molecular weight is 238 g/mol. The second-order valence-electron chi connectivity index (χ2n) is 4.22. The molecule has 0 amide bonds. The second-order valence-corrected chi connectivity index (χ2v) is 4.22. The van der Waals surface area contributed by atoms with Gasteiger partial charge in [0.1, 0.15) is 11.6 Å². The Morgan fingerprint density at radius 2 is 2.12 bits per heavy atom. The monoisotopic (exact) mass is 238 g/mol. The maximum absolute atomic E-state index is 8.96. The fraction of sp³-hybridized carbons (Fsp3) is 0.583. The molecule has 0 spiro atoms. The van der Waals surface area contributed by atoms with E-state index in [0.29, 0.717) is 17.4 Å². The minimum Gasteiger partial charge on any atom is -0.396 e. The summed E-state index contributed by atoms with van der Waals surface area (Å²) in [7, 11) is 0. The third-order valence-corrected chi connectivity index (χ3v) is 2.76. The van der Waals surface area contributed by atoms with Crippen LogP contribution in [0, 0.1) is 5.92 Å². The van der Waals surface area contributed by atoms with E-state index in [1.54, 1.807) is 6.07 Å². The van der Waals surface area contributed by atoms with Gasteiger partial charge in [-0.15, -0.1) is 0 Å². The van der Waals surface area contributed by atoms with Gasteiger partial charge in [0.05, 0.1) is 5.69 Å².